The highest BCUT2D eigenvalue weighted by Crippen LogP contribution is 2.34. The van der Waals surface area contributed by atoms with Gasteiger partial charge in [-0.1, -0.05) is 6.07 Å². The molecule has 1 saturated heterocycles. The number of anilines is 1. The van der Waals surface area contributed by atoms with E-state index in [1.807, 2.05) is 0 Å². The summed E-state index contributed by atoms with van der Waals surface area (Å²) in [5, 5.41) is 9.14. The molecule has 1 fully saturated rings. The van der Waals surface area contributed by atoms with Gasteiger partial charge in [0.1, 0.15) is 5.41 Å². The zero-order valence-electron chi connectivity index (χ0n) is 9.30. The number of nitrogens with two attached hydrogens (primary N) is 1. The van der Waals surface area contributed by atoms with Crippen molar-refractivity contribution < 1.29 is 13.2 Å². The van der Waals surface area contributed by atoms with Crippen molar-refractivity contribution >= 4 is 15.5 Å². The van der Waals surface area contributed by atoms with Crippen LogP contribution in [0.25, 0.3) is 0 Å². The molecular formula is C11H12N2O3S. The van der Waals surface area contributed by atoms with Gasteiger partial charge in [-0.25, -0.2) is 8.42 Å². The zero-order valence-corrected chi connectivity index (χ0v) is 10.1. The summed E-state index contributed by atoms with van der Waals surface area (Å²) in [5.41, 5.74) is 5.74. The van der Waals surface area contributed by atoms with Crippen LogP contribution in [0.1, 0.15) is 5.56 Å². The minimum Gasteiger partial charge on any atom is -0.398 e. The van der Waals surface area contributed by atoms with Crippen LogP contribution in [0, 0.1) is 11.3 Å². The molecule has 0 atom stereocenters. The molecule has 5 nitrogen and oxygen atoms in total. The average Bonchev–Trinajstić information content (AvgIpc) is 2.17. The highest BCUT2D eigenvalue weighted by molar-refractivity contribution is 7.90. The average molecular weight is 252 g/mol. The standard InChI is InChI=1S/C11H12N2O3S/c1-17(14,15)10-4-8(2-3-9(10)13)11(5-12)6-16-7-11/h2-4H,6-7,13H2,1H3. The van der Waals surface area contributed by atoms with Crippen molar-refractivity contribution in [2.24, 2.45) is 0 Å². The van der Waals surface area contributed by atoms with E-state index in [1.165, 1.54) is 12.1 Å². The number of nitriles is 1. The van der Waals surface area contributed by atoms with E-state index in [2.05, 4.69) is 6.07 Å². The number of benzene rings is 1. The Labute approximate surface area is 99.7 Å². The smallest absolute Gasteiger partial charge is 0.177 e. The van der Waals surface area contributed by atoms with Crippen molar-refractivity contribution in [3.05, 3.63) is 23.8 Å². The Morgan fingerprint density at radius 2 is 2.12 bits per heavy atom. The predicted octanol–water partition coefficient (Wildman–Crippen LogP) is 0.464. The van der Waals surface area contributed by atoms with E-state index in [0.717, 1.165) is 6.26 Å². The summed E-state index contributed by atoms with van der Waals surface area (Å²) < 4.78 is 28.1. The molecule has 0 unspecified atom stereocenters. The van der Waals surface area contributed by atoms with Gasteiger partial charge in [-0.15, -0.1) is 0 Å². The van der Waals surface area contributed by atoms with Crippen LogP contribution in [-0.4, -0.2) is 27.9 Å². The first-order valence-electron chi connectivity index (χ1n) is 4.98. The maximum absolute atomic E-state index is 11.5. The van der Waals surface area contributed by atoms with Gasteiger partial charge in [0.05, 0.1) is 29.9 Å². The van der Waals surface area contributed by atoms with E-state index in [-0.39, 0.29) is 23.8 Å². The fourth-order valence-electron chi connectivity index (χ4n) is 1.76. The molecule has 0 radical (unpaired) electrons. The summed E-state index contributed by atoms with van der Waals surface area (Å²) in [6.45, 7) is 0.577. The number of hydrogen-bond donors (Lipinski definition) is 1. The van der Waals surface area contributed by atoms with E-state index in [4.69, 9.17) is 15.7 Å². The number of hydrogen-bond acceptors (Lipinski definition) is 5. The fourth-order valence-corrected chi connectivity index (χ4v) is 2.59. The molecule has 1 heterocycles. The molecule has 0 spiro atoms. The van der Waals surface area contributed by atoms with Gasteiger partial charge in [-0.05, 0) is 17.7 Å². The Balaban J connectivity index is 2.57. The van der Waals surface area contributed by atoms with Crippen LogP contribution < -0.4 is 5.73 Å². The topological polar surface area (TPSA) is 93.2 Å². The van der Waals surface area contributed by atoms with E-state index in [1.54, 1.807) is 6.07 Å². The Morgan fingerprint density at radius 3 is 2.53 bits per heavy atom. The van der Waals surface area contributed by atoms with Crippen molar-refractivity contribution in [3.63, 3.8) is 0 Å². The van der Waals surface area contributed by atoms with Crippen LogP contribution in [0.4, 0.5) is 5.69 Å². The van der Waals surface area contributed by atoms with Gasteiger partial charge in [0.15, 0.2) is 9.84 Å². The Bertz CT molecular complexity index is 598. The van der Waals surface area contributed by atoms with Crippen molar-refractivity contribution in [2.75, 3.05) is 25.2 Å². The number of ether oxygens (including phenoxy) is 1. The minimum atomic E-state index is -3.38. The van der Waals surface area contributed by atoms with Crippen molar-refractivity contribution in [3.8, 4) is 6.07 Å². The summed E-state index contributed by atoms with van der Waals surface area (Å²) in [6, 6.07) is 6.83. The Morgan fingerprint density at radius 1 is 1.47 bits per heavy atom. The lowest BCUT2D eigenvalue weighted by Gasteiger charge is -2.35. The van der Waals surface area contributed by atoms with Gasteiger partial charge in [0, 0.05) is 6.26 Å². The molecule has 2 rings (SSSR count). The molecule has 0 amide bonds. The van der Waals surface area contributed by atoms with Gasteiger partial charge in [0.25, 0.3) is 0 Å². The lowest BCUT2D eigenvalue weighted by molar-refractivity contribution is -0.0298. The normalized spacial score (nSPS) is 18.1. The van der Waals surface area contributed by atoms with Crippen molar-refractivity contribution in [2.45, 2.75) is 10.3 Å². The molecule has 6 heteroatoms. The largest absolute Gasteiger partial charge is 0.398 e. The molecule has 1 aromatic rings. The minimum absolute atomic E-state index is 0.0662. The van der Waals surface area contributed by atoms with E-state index < -0.39 is 15.3 Å². The summed E-state index contributed by atoms with van der Waals surface area (Å²) in [6.07, 6.45) is 1.10. The molecule has 1 aromatic carbocycles. The van der Waals surface area contributed by atoms with Gasteiger partial charge in [0.2, 0.25) is 0 Å². The summed E-state index contributed by atoms with van der Waals surface area (Å²) in [5.74, 6) is 0. The SMILES string of the molecule is CS(=O)(=O)c1cc(C2(C#N)COC2)ccc1N. The fraction of sp³-hybridized carbons (Fsp3) is 0.364. The first-order valence-corrected chi connectivity index (χ1v) is 6.87. The van der Waals surface area contributed by atoms with Crippen molar-refractivity contribution in [1.29, 1.82) is 5.26 Å². The van der Waals surface area contributed by atoms with Gasteiger partial charge < -0.3 is 10.5 Å². The molecule has 2 N–H and O–H groups in total. The second kappa shape index (κ2) is 3.72. The third-order valence-corrected chi connectivity index (χ3v) is 4.03. The zero-order chi connectivity index (χ0) is 12.7. The van der Waals surface area contributed by atoms with Crippen LogP contribution in [-0.2, 0) is 20.0 Å². The van der Waals surface area contributed by atoms with Crippen LogP contribution in [0.2, 0.25) is 0 Å². The highest BCUT2D eigenvalue weighted by atomic mass is 32.2. The first kappa shape index (κ1) is 11.9. The quantitative estimate of drug-likeness (QED) is 0.772. The molecule has 0 bridgehead atoms. The molecule has 1 aliphatic rings. The maximum Gasteiger partial charge on any atom is 0.177 e. The van der Waals surface area contributed by atoms with E-state index in [9.17, 15) is 8.42 Å². The lowest BCUT2D eigenvalue weighted by Crippen LogP contribution is -2.45. The van der Waals surface area contributed by atoms with Gasteiger partial charge in [-0.2, -0.15) is 5.26 Å². The van der Waals surface area contributed by atoms with Crippen LogP contribution >= 0.6 is 0 Å². The number of rotatable bonds is 2. The molecule has 17 heavy (non-hydrogen) atoms. The number of nitrogens with zero attached hydrogens (tertiary/aromatic N) is 1. The molecule has 0 aromatic heterocycles. The summed E-state index contributed by atoms with van der Waals surface area (Å²) in [7, 11) is -3.38. The monoisotopic (exact) mass is 252 g/mol. The molecule has 1 aliphatic heterocycles. The third-order valence-electron chi connectivity index (χ3n) is 2.88. The summed E-state index contributed by atoms with van der Waals surface area (Å²) >= 11 is 0. The molecular weight excluding hydrogens is 240 g/mol. The predicted molar refractivity (Wildman–Crippen MR) is 62.1 cm³/mol. The molecule has 90 valence electrons. The second-order valence-electron chi connectivity index (χ2n) is 4.21. The van der Waals surface area contributed by atoms with Gasteiger partial charge in [-0.3, -0.25) is 0 Å². The summed E-state index contributed by atoms with van der Waals surface area (Å²) in [4.78, 5) is 0.0662. The first-order chi connectivity index (χ1) is 7.89. The highest BCUT2D eigenvalue weighted by Gasteiger charge is 2.41. The lowest BCUT2D eigenvalue weighted by atomic mass is 9.80. The van der Waals surface area contributed by atoms with Crippen molar-refractivity contribution in [1.82, 2.24) is 0 Å². The Hall–Kier alpha value is -1.58. The van der Waals surface area contributed by atoms with Crippen LogP contribution in [0.3, 0.4) is 0 Å². The second-order valence-corrected chi connectivity index (χ2v) is 6.20. The van der Waals surface area contributed by atoms with E-state index in [0.29, 0.717) is 5.56 Å². The molecule has 0 aliphatic carbocycles. The van der Waals surface area contributed by atoms with Gasteiger partial charge >= 0.3 is 0 Å². The Kier molecular flexibility index (Phi) is 2.60. The van der Waals surface area contributed by atoms with Crippen LogP contribution in [0.5, 0.6) is 0 Å². The number of sulfone groups is 1. The maximum atomic E-state index is 11.5. The van der Waals surface area contributed by atoms with E-state index >= 15 is 0 Å². The van der Waals surface area contributed by atoms with Crippen LogP contribution in [0.15, 0.2) is 23.1 Å². The third kappa shape index (κ3) is 1.88. The molecule has 0 saturated carbocycles. The number of nitrogen functional groups attached to an aromatic ring is 1.